The summed E-state index contributed by atoms with van der Waals surface area (Å²) < 4.78 is 36.7. The van der Waals surface area contributed by atoms with Crippen molar-refractivity contribution in [2.45, 2.75) is 23.8 Å². The third kappa shape index (κ3) is 3.05. The lowest BCUT2D eigenvalue weighted by Crippen LogP contribution is -2.34. The van der Waals surface area contributed by atoms with E-state index in [1.807, 2.05) is 0 Å². The van der Waals surface area contributed by atoms with E-state index in [4.69, 9.17) is 15.2 Å². The molecule has 0 saturated carbocycles. The third-order valence-corrected chi connectivity index (χ3v) is 5.21. The molecule has 0 spiro atoms. The number of nitrogens with zero attached hydrogens (tertiary/aromatic N) is 1. The SMILES string of the molecule is COc1ccc(S(=O)(=O)N(C)CC2CCCO2)cc1N. The van der Waals surface area contributed by atoms with Gasteiger partial charge in [-0.2, -0.15) is 4.31 Å². The van der Waals surface area contributed by atoms with Gasteiger partial charge < -0.3 is 15.2 Å². The Labute approximate surface area is 119 Å². The molecule has 0 bridgehead atoms. The summed E-state index contributed by atoms with van der Waals surface area (Å²) in [5.41, 5.74) is 6.06. The molecule has 1 heterocycles. The van der Waals surface area contributed by atoms with Crippen molar-refractivity contribution in [1.29, 1.82) is 0 Å². The van der Waals surface area contributed by atoms with E-state index >= 15 is 0 Å². The Morgan fingerprint density at radius 2 is 2.25 bits per heavy atom. The summed E-state index contributed by atoms with van der Waals surface area (Å²) in [5, 5.41) is 0. The van der Waals surface area contributed by atoms with Crippen LogP contribution in [-0.4, -0.2) is 46.1 Å². The van der Waals surface area contributed by atoms with E-state index in [1.54, 1.807) is 13.1 Å². The lowest BCUT2D eigenvalue weighted by Gasteiger charge is -2.21. The van der Waals surface area contributed by atoms with Crippen LogP contribution in [0, 0.1) is 0 Å². The summed E-state index contributed by atoms with van der Waals surface area (Å²) in [4.78, 5) is 0.163. The fraction of sp³-hybridized carbons (Fsp3) is 0.538. The fourth-order valence-electron chi connectivity index (χ4n) is 2.23. The van der Waals surface area contributed by atoms with Crippen molar-refractivity contribution in [2.75, 3.05) is 33.0 Å². The molecule has 0 amide bonds. The van der Waals surface area contributed by atoms with E-state index < -0.39 is 10.0 Å². The zero-order valence-corrected chi connectivity index (χ0v) is 12.5. The molecule has 2 N–H and O–H groups in total. The lowest BCUT2D eigenvalue weighted by atomic mass is 10.2. The first-order valence-electron chi connectivity index (χ1n) is 6.46. The highest BCUT2D eigenvalue weighted by Gasteiger charge is 2.26. The second kappa shape index (κ2) is 5.99. The molecule has 2 rings (SSSR count). The van der Waals surface area contributed by atoms with E-state index in [9.17, 15) is 8.42 Å². The smallest absolute Gasteiger partial charge is 0.242 e. The van der Waals surface area contributed by atoms with Crippen molar-refractivity contribution < 1.29 is 17.9 Å². The molecule has 1 saturated heterocycles. The molecule has 1 unspecified atom stereocenters. The summed E-state index contributed by atoms with van der Waals surface area (Å²) in [6, 6.07) is 4.47. The van der Waals surface area contributed by atoms with Crippen LogP contribution in [0.4, 0.5) is 5.69 Å². The van der Waals surface area contributed by atoms with Gasteiger partial charge in [0.25, 0.3) is 0 Å². The zero-order chi connectivity index (χ0) is 14.8. The maximum absolute atomic E-state index is 12.4. The van der Waals surface area contributed by atoms with Crippen LogP contribution in [0.5, 0.6) is 5.75 Å². The van der Waals surface area contributed by atoms with Crippen LogP contribution in [0.3, 0.4) is 0 Å². The quantitative estimate of drug-likeness (QED) is 0.823. The van der Waals surface area contributed by atoms with Gasteiger partial charge in [0.2, 0.25) is 10.0 Å². The number of ether oxygens (including phenoxy) is 2. The van der Waals surface area contributed by atoms with Gasteiger partial charge in [-0.1, -0.05) is 0 Å². The van der Waals surface area contributed by atoms with Gasteiger partial charge in [-0.3, -0.25) is 0 Å². The number of hydrogen-bond acceptors (Lipinski definition) is 5. The van der Waals surface area contributed by atoms with E-state index in [-0.39, 0.29) is 11.0 Å². The number of nitrogen functional groups attached to an aromatic ring is 1. The Kier molecular flexibility index (Phi) is 4.52. The standard InChI is InChI=1S/C13H20N2O4S/c1-15(9-10-4-3-7-19-10)20(16,17)11-5-6-13(18-2)12(14)8-11/h5-6,8,10H,3-4,7,9,14H2,1-2H3. The molecular weight excluding hydrogens is 280 g/mol. The molecule has 0 aromatic heterocycles. The second-order valence-electron chi connectivity index (χ2n) is 4.82. The molecule has 20 heavy (non-hydrogen) atoms. The van der Waals surface area contributed by atoms with Crippen molar-refractivity contribution in [3.05, 3.63) is 18.2 Å². The molecule has 7 heteroatoms. The summed E-state index contributed by atoms with van der Waals surface area (Å²) in [7, 11) is -0.514. The predicted octanol–water partition coefficient (Wildman–Crippen LogP) is 1.08. The second-order valence-corrected chi connectivity index (χ2v) is 6.87. The molecule has 112 valence electrons. The zero-order valence-electron chi connectivity index (χ0n) is 11.7. The Morgan fingerprint density at radius 1 is 1.50 bits per heavy atom. The minimum absolute atomic E-state index is 0.0228. The first kappa shape index (κ1) is 15.1. The minimum Gasteiger partial charge on any atom is -0.495 e. The number of methoxy groups -OCH3 is 1. The Hall–Kier alpha value is -1.31. The Morgan fingerprint density at radius 3 is 2.80 bits per heavy atom. The maximum atomic E-state index is 12.4. The van der Waals surface area contributed by atoms with Crippen LogP contribution in [0.25, 0.3) is 0 Å². The van der Waals surface area contributed by atoms with Crippen LogP contribution in [0.15, 0.2) is 23.1 Å². The van der Waals surface area contributed by atoms with Crippen molar-refractivity contribution in [2.24, 2.45) is 0 Å². The maximum Gasteiger partial charge on any atom is 0.242 e. The van der Waals surface area contributed by atoms with Crippen LogP contribution < -0.4 is 10.5 Å². The van der Waals surface area contributed by atoms with Gasteiger partial charge in [-0.05, 0) is 31.0 Å². The third-order valence-electron chi connectivity index (χ3n) is 3.39. The highest BCUT2D eigenvalue weighted by atomic mass is 32.2. The molecule has 1 aliphatic heterocycles. The highest BCUT2D eigenvalue weighted by Crippen LogP contribution is 2.26. The van der Waals surface area contributed by atoms with Crippen LogP contribution in [-0.2, 0) is 14.8 Å². The van der Waals surface area contributed by atoms with E-state index in [2.05, 4.69) is 0 Å². The van der Waals surface area contributed by atoms with Gasteiger partial charge in [-0.25, -0.2) is 8.42 Å². The van der Waals surface area contributed by atoms with Gasteiger partial charge in [0.15, 0.2) is 0 Å². The lowest BCUT2D eigenvalue weighted by molar-refractivity contribution is 0.0979. The average molecular weight is 300 g/mol. The molecule has 1 atom stereocenters. The molecule has 1 aromatic carbocycles. The van der Waals surface area contributed by atoms with Crippen LogP contribution in [0.2, 0.25) is 0 Å². The molecule has 0 aliphatic carbocycles. The first-order valence-corrected chi connectivity index (χ1v) is 7.90. The summed E-state index contributed by atoms with van der Waals surface area (Å²) in [5.74, 6) is 0.464. The van der Waals surface area contributed by atoms with Gasteiger partial charge in [-0.15, -0.1) is 0 Å². The minimum atomic E-state index is -3.56. The van der Waals surface area contributed by atoms with Gasteiger partial charge in [0, 0.05) is 20.2 Å². The molecule has 1 fully saturated rings. The molecule has 1 aromatic rings. The predicted molar refractivity (Wildman–Crippen MR) is 76.2 cm³/mol. The van der Waals surface area contributed by atoms with Crippen LogP contribution in [0.1, 0.15) is 12.8 Å². The summed E-state index contributed by atoms with van der Waals surface area (Å²) >= 11 is 0. The average Bonchev–Trinajstić information content (AvgIpc) is 2.91. The monoisotopic (exact) mass is 300 g/mol. The molecule has 6 nitrogen and oxygen atoms in total. The molecule has 0 radical (unpaired) electrons. The number of hydrogen-bond donors (Lipinski definition) is 1. The largest absolute Gasteiger partial charge is 0.495 e. The summed E-state index contributed by atoms with van der Waals surface area (Å²) in [6.07, 6.45) is 1.85. The van der Waals surface area contributed by atoms with Crippen molar-refractivity contribution in [3.8, 4) is 5.75 Å². The number of rotatable bonds is 5. The van der Waals surface area contributed by atoms with Crippen LogP contribution >= 0.6 is 0 Å². The summed E-state index contributed by atoms with van der Waals surface area (Å²) in [6.45, 7) is 1.06. The van der Waals surface area contributed by atoms with Crippen molar-refractivity contribution >= 4 is 15.7 Å². The number of benzene rings is 1. The number of nitrogens with two attached hydrogens (primary N) is 1. The van der Waals surface area contributed by atoms with E-state index in [0.29, 0.717) is 24.6 Å². The van der Waals surface area contributed by atoms with Gasteiger partial charge >= 0.3 is 0 Å². The Bertz CT molecular complexity index is 568. The van der Waals surface area contributed by atoms with Gasteiger partial charge in [0.1, 0.15) is 5.75 Å². The molecule has 1 aliphatic rings. The fourth-order valence-corrected chi connectivity index (χ4v) is 3.46. The van der Waals surface area contributed by atoms with Crippen molar-refractivity contribution in [1.82, 2.24) is 4.31 Å². The van der Waals surface area contributed by atoms with E-state index in [1.165, 1.54) is 23.5 Å². The molecular formula is C13H20N2O4S. The Balaban J connectivity index is 2.18. The number of likely N-dealkylation sites (N-methyl/N-ethyl adjacent to an activating group) is 1. The highest BCUT2D eigenvalue weighted by molar-refractivity contribution is 7.89. The number of anilines is 1. The van der Waals surface area contributed by atoms with E-state index in [0.717, 1.165) is 12.8 Å². The number of sulfonamides is 1. The van der Waals surface area contributed by atoms with Gasteiger partial charge in [0.05, 0.1) is 23.8 Å². The van der Waals surface area contributed by atoms with Crippen molar-refractivity contribution in [3.63, 3.8) is 0 Å². The normalized spacial score (nSPS) is 19.4. The first-order chi connectivity index (χ1) is 9.45. The topological polar surface area (TPSA) is 81.9 Å².